The van der Waals surface area contributed by atoms with Crippen LogP contribution < -0.4 is 15.5 Å². The number of morpholine rings is 1. The highest BCUT2D eigenvalue weighted by molar-refractivity contribution is 5.92. The molecule has 1 aliphatic heterocycles. The second-order valence-corrected chi connectivity index (χ2v) is 7.55. The Morgan fingerprint density at radius 2 is 1.83 bits per heavy atom. The van der Waals surface area contributed by atoms with Gasteiger partial charge in [0.05, 0.1) is 24.5 Å². The summed E-state index contributed by atoms with van der Waals surface area (Å²) >= 11 is 0. The fourth-order valence-electron chi connectivity index (χ4n) is 2.70. The molecule has 10 heteroatoms. The van der Waals surface area contributed by atoms with E-state index in [2.05, 4.69) is 10.6 Å². The quantitative estimate of drug-likeness (QED) is 0.768. The first-order valence-corrected chi connectivity index (χ1v) is 9.26. The Morgan fingerprint density at radius 1 is 1.17 bits per heavy atom. The van der Waals surface area contributed by atoms with Crippen molar-refractivity contribution < 1.29 is 32.2 Å². The smallest absolute Gasteiger partial charge is 0.418 e. The molecule has 0 saturated carbocycles. The van der Waals surface area contributed by atoms with Gasteiger partial charge in [-0.25, -0.2) is 4.79 Å². The molecule has 29 heavy (non-hydrogen) atoms. The lowest BCUT2D eigenvalue weighted by Crippen LogP contribution is -2.36. The van der Waals surface area contributed by atoms with Crippen molar-refractivity contribution in [3.05, 3.63) is 23.8 Å². The van der Waals surface area contributed by atoms with Crippen LogP contribution in [0.5, 0.6) is 0 Å². The highest BCUT2D eigenvalue weighted by Crippen LogP contribution is 2.37. The number of hydrogen-bond donors (Lipinski definition) is 2. The molecule has 1 heterocycles. The first kappa shape index (κ1) is 22.8. The van der Waals surface area contributed by atoms with Gasteiger partial charge < -0.3 is 25.0 Å². The third-order valence-electron chi connectivity index (χ3n) is 3.98. The zero-order valence-electron chi connectivity index (χ0n) is 16.7. The average molecular weight is 417 g/mol. The standard InChI is InChI=1S/C19H26F3N3O4/c1-18(2,3)29-17(27)23-7-6-16(26)24-15-5-4-13(12-14(15)19(20,21)22)25-8-10-28-11-9-25/h4-5,12H,6-11H2,1-3H3,(H,23,27)(H,24,26). The van der Waals surface area contributed by atoms with E-state index in [9.17, 15) is 22.8 Å². The van der Waals surface area contributed by atoms with Crippen molar-refractivity contribution in [2.75, 3.05) is 43.1 Å². The predicted octanol–water partition coefficient (Wildman–Crippen LogP) is 3.40. The Bertz CT molecular complexity index is 726. The number of carbonyl (C=O) groups excluding carboxylic acids is 2. The Balaban J connectivity index is 1.99. The SMILES string of the molecule is CC(C)(C)OC(=O)NCCC(=O)Nc1ccc(N2CCOCC2)cc1C(F)(F)F. The average Bonchev–Trinajstić information content (AvgIpc) is 2.60. The van der Waals surface area contributed by atoms with E-state index < -0.39 is 29.3 Å². The molecular formula is C19H26F3N3O4. The number of amides is 2. The first-order chi connectivity index (χ1) is 13.5. The van der Waals surface area contributed by atoms with Gasteiger partial charge in [0.25, 0.3) is 0 Å². The number of nitrogens with zero attached hydrogens (tertiary/aromatic N) is 1. The zero-order chi connectivity index (χ0) is 21.7. The Labute approximate surface area is 167 Å². The number of anilines is 2. The summed E-state index contributed by atoms with van der Waals surface area (Å²) in [7, 11) is 0. The maximum Gasteiger partial charge on any atom is 0.418 e. The second kappa shape index (κ2) is 9.34. The molecule has 0 aliphatic carbocycles. The van der Waals surface area contributed by atoms with Gasteiger partial charge in [0.15, 0.2) is 0 Å². The predicted molar refractivity (Wildman–Crippen MR) is 102 cm³/mol. The number of ether oxygens (including phenoxy) is 2. The lowest BCUT2D eigenvalue weighted by molar-refractivity contribution is -0.136. The van der Waals surface area contributed by atoms with E-state index in [0.717, 1.165) is 6.07 Å². The molecule has 2 N–H and O–H groups in total. The normalized spacial score (nSPS) is 15.0. The van der Waals surface area contributed by atoms with E-state index in [1.165, 1.54) is 12.1 Å². The van der Waals surface area contributed by atoms with Crippen molar-refractivity contribution in [2.45, 2.75) is 39.0 Å². The fourth-order valence-corrected chi connectivity index (χ4v) is 2.70. The van der Waals surface area contributed by atoms with Crippen molar-refractivity contribution in [2.24, 2.45) is 0 Å². The molecule has 2 amide bonds. The lowest BCUT2D eigenvalue weighted by atomic mass is 10.1. The van der Waals surface area contributed by atoms with E-state index in [1.807, 2.05) is 0 Å². The van der Waals surface area contributed by atoms with E-state index in [1.54, 1.807) is 25.7 Å². The van der Waals surface area contributed by atoms with Crippen LogP contribution in [0.15, 0.2) is 18.2 Å². The summed E-state index contributed by atoms with van der Waals surface area (Å²) in [6, 6.07) is 3.81. The van der Waals surface area contributed by atoms with Gasteiger partial charge in [-0.15, -0.1) is 0 Å². The van der Waals surface area contributed by atoms with Crippen molar-refractivity contribution in [1.82, 2.24) is 5.32 Å². The Morgan fingerprint density at radius 3 is 2.41 bits per heavy atom. The molecule has 0 radical (unpaired) electrons. The third kappa shape index (κ3) is 7.45. The van der Waals surface area contributed by atoms with Crippen molar-refractivity contribution >= 4 is 23.4 Å². The first-order valence-electron chi connectivity index (χ1n) is 9.26. The largest absolute Gasteiger partial charge is 0.444 e. The Kier molecular flexibility index (Phi) is 7.34. The zero-order valence-corrected chi connectivity index (χ0v) is 16.7. The summed E-state index contributed by atoms with van der Waals surface area (Å²) in [5.41, 5.74) is -1.51. The summed E-state index contributed by atoms with van der Waals surface area (Å²) in [6.07, 6.45) is -5.52. The minimum absolute atomic E-state index is 0.0615. The molecule has 162 valence electrons. The molecule has 0 spiro atoms. The molecule has 1 fully saturated rings. The summed E-state index contributed by atoms with van der Waals surface area (Å²) in [5.74, 6) is -0.648. The number of nitrogens with one attached hydrogen (secondary N) is 2. The molecule has 7 nitrogen and oxygen atoms in total. The van der Waals surface area contributed by atoms with Gasteiger partial charge in [-0.3, -0.25) is 4.79 Å². The van der Waals surface area contributed by atoms with Crippen LogP contribution in [-0.2, 0) is 20.4 Å². The topological polar surface area (TPSA) is 79.9 Å². The van der Waals surface area contributed by atoms with Gasteiger partial charge in [-0.2, -0.15) is 13.2 Å². The highest BCUT2D eigenvalue weighted by atomic mass is 19.4. The summed E-state index contributed by atoms with van der Waals surface area (Å²) < 4.78 is 50.7. The molecule has 1 aliphatic rings. The summed E-state index contributed by atoms with van der Waals surface area (Å²) in [6.45, 7) is 6.91. The van der Waals surface area contributed by atoms with Gasteiger partial charge in [0, 0.05) is 31.7 Å². The summed E-state index contributed by atoms with van der Waals surface area (Å²) in [5, 5.41) is 4.67. The van der Waals surface area contributed by atoms with Gasteiger partial charge in [-0.1, -0.05) is 0 Å². The second-order valence-electron chi connectivity index (χ2n) is 7.55. The summed E-state index contributed by atoms with van der Waals surface area (Å²) in [4.78, 5) is 25.4. The Hall–Kier alpha value is -2.49. The number of rotatable bonds is 5. The minimum Gasteiger partial charge on any atom is -0.444 e. The maximum atomic E-state index is 13.5. The van der Waals surface area contributed by atoms with Crippen LogP contribution in [0.25, 0.3) is 0 Å². The maximum absolute atomic E-state index is 13.5. The molecule has 0 unspecified atom stereocenters. The molecule has 2 rings (SSSR count). The molecule has 0 atom stereocenters. The molecule has 1 saturated heterocycles. The molecule has 0 aromatic heterocycles. The van der Waals surface area contributed by atoms with Gasteiger partial charge >= 0.3 is 12.3 Å². The third-order valence-corrected chi connectivity index (χ3v) is 3.98. The molecule has 1 aromatic carbocycles. The number of carbonyl (C=O) groups is 2. The van der Waals surface area contributed by atoms with E-state index >= 15 is 0 Å². The monoisotopic (exact) mass is 417 g/mol. The van der Waals surface area contributed by atoms with Crippen LogP contribution in [-0.4, -0.2) is 50.4 Å². The van der Waals surface area contributed by atoms with Crippen LogP contribution in [0.1, 0.15) is 32.8 Å². The fraction of sp³-hybridized carbons (Fsp3) is 0.579. The number of benzene rings is 1. The molecule has 0 bridgehead atoms. The minimum atomic E-state index is -4.63. The van der Waals surface area contributed by atoms with Crippen LogP contribution in [0.2, 0.25) is 0 Å². The van der Waals surface area contributed by atoms with E-state index in [-0.39, 0.29) is 18.7 Å². The van der Waals surface area contributed by atoms with Crippen LogP contribution >= 0.6 is 0 Å². The van der Waals surface area contributed by atoms with Crippen molar-refractivity contribution in [3.8, 4) is 0 Å². The van der Waals surface area contributed by atoms with E-state index in [0.29, 0.717) is 32.0 Å². The van der Waals surface area contributed by atoms with Gasteiger partial charge in [-0.05, 0) is 39.0 Å². The van der Waals surface area contributed by atoms with Crippen LogP contribution in [0.3, 0.4) is 0 Å². The number of halogens is 3. The van der Waals surface area contributed by atoms with Gasteiger partial charge in [0.2, 0.25) is 5.91 Å². The molecule has 1 aromatic rings. The lowest BCUT2D eigenvalue weighted by Gasteiger charge is -2.29. The molecular weight excluding hydrogens is 391 g/mol. The van der Waals surface area contributed by atoms with Crippen molar-refractivity contribution in [1.29, 1.82) is 0 Å². The van der Waals surface area contributed by atoms with Crippen LogP contribution in [0.4, 0.5) is 29.3 Å². The highest BCUT2D eigenvalue weighted by Gasteiger charge is 2.34. The van der Waals surface area contributed by atoms with E-state index in [4.69, 9.17) is 9.47 Å². The number of alkyl halides is 3. The van der Waals surface area contributed by atoms with Crippen LogP contribution in [0, 0.1) is 0 Å². The number of hydrogen-bond acceptors (Lipinski definition) is 5. The number of alkyl carbamates (subject to hydrolysis) is 1. The van der Waals surface area contributed by atoms with Crippen molar-refractivity contribution in [3.63, 3.8) is 0 Å². The van der Waals surface area contributed by atoms with Gasteiger partial charge in [0.1, 0.15) is 5.60 Å².